The zero-order chi connectivity index (χ0) is 24.2. The molecule has 0 saturated carbocycles. The molecule has 4 aromatic rings. The minimum atomic E-state index is -0.153. The molecular formula is C25H26ClN5O2S. The van der Waals surface area contributed by atoms with E-state index in [-0.39, 0.29) is 17.2 Å². The Morgan fingerprint density at radius 3 is 2.50 bits per heavy atom. The quantitative estimate of drug-likeness (QED) is 0.275. The van der Waals surface area contributed by atoms with E-state index in [1.54, 1.807) is 10.6 Å². The average molecular weight is 496 g/mol. The molecule has 2 aromatic carbocycles. The number of thioether (sulfide) groups is 1. The van der Waals surface area contributed by atoms with Gasteiger partial charge >= 0.3 is 0 Å². The van der Waals surface area contributed by atoms with Crippen molar-refractivity contribution in [2.24, 2.45) is 0 Å². The largest absolute Gasteiger partial charge is 0.325 e. The Morgan fingerprint density at radius 2 is 1.79 bits per heavy atom. The van der Waals surface area contributed by atoms with E-state index in [1.807, 2.05) is 67.9 Å². The van der Waals surface area contributed by atoms with Crippen molar-refractivity contribution in [2.45, 2.75) is 45.4 Å². The number of rotatable bonds is 8. The topological polar surface area (TPSA) is 81.8 Å². The van der Waals surface area contributed by atoms with Crippen LogP contribution in [0.2, 0.25) is 5.02 Å². The van der Waals surface area contributed by atoms with E-state index < -0.39 is 0 Å². The third-order valence-corrected chi connectivity index (χ3v) is 7.06. The van der Waals surface area contributed by atoms with Crippen LogP contribution in [-0.4, -0.2) is 31.0 Å². The van der Waals surface area contributed by atoms with Gasteiger partial charge in [0, 0.05) is 18.8 Å². The molecule has 1 amide bonds. The fourth-order valence-corrected chi connectivity index (χ4v) is 4.65. The zero-order valence-corrected chi connectivity index (χ0v) is 20.9. The number of aryl methyl sites for hydroxylation is 3. The molecule has 0 atom stereocenters. The summed E-state index contributed by atoms with van der Waals surface area (Å²) < 4.78 is 3.51. The van der Waals surface area contributed by atoms with Gasteiger partial charge in [0.15, 0.2) is 5.16 Å². The highest BCUT2D eigenvalue weighted by Crippen LogP contribution is 2.21. The first-order chi connectivity index (χ1) is 16.3. The number of nitrogens with zero attached hydrogens (tertiary/aromatic N) is 4. The molecule has 0 unspecified atom stereocenters. The number of carbonyl (C=O) groups excluding carboxylic acids is 1. The van der Waals surface area contributed by atoms with Crippen LogP contribution in [0.25, 0.3) is 10.9 Å². The Hall–Kier alpha value is -3.10. The smallest absolute Gasteiger partial charge is 0.262 e. The first-order valence-corrected chi connectivity index (χ1v) is 12.4. The molecule has 0 spiro atoms. The van der Waals surface area contributed by atoms with Crippen molar-refractivity contribution in [1.82, 2.24) is 19.3 Å². The Labute approximate surface area is 207 Å². The highest BCUT2D eigenvalue weighted by Gasteiger charge is 2.14. The minimum Gasteiger partial charge on any atom is -0.325 e. The van der Waals surface area contributed by atoms with Gasteiger partial charge in [0.2, 0.25) is 5.91 Å². The molecule has 34 heavy (non-hydrogen) atoms. The number of carbonyl (C=O) groups is 1. The summed E-state index contributed by atoms with van der Waals surface area (Å²) in [6.07, 6.45) is 0.668. The standard InChI is InChI=1S/C25H26ClN5O2S/c1-16-9-11-19(12-10-16)27-22(32)15-34-25-28-21-8-5-4-7-20(21)24(33)30(25)13-6-14-31-18(3)23(26)17(2)29-31/h4-5,7-12H,6,13-15H2,1-3H3,(H,27,32). The third kappa shape index (κ3) is 5.34. The van der Waals surface area contributed by atoms with Gasteiger partial charge in [0.25, 0.3) is 5.56 Å². The number of para-hydroxylation sites is 1. The van der Waals surface area contributed by atoms with Crippen LogP contribution in [0.1, 0.15) is 23.4 Å². The van der Waals surface area contributed by atoms with E-state index in [9.17, 15) is 9.59 Å². The Kier molecular flexibility index (Phi) is 7.38. The zero-order valence-electron chi connectivity index (χ0n) is 19.3. The van der Waals surface area contributed by atoms with Crippen molar-refractivity contribution in [3.05, 3.63) is 80.9 Å². The summed E-state index contributed by atoms with van der Waals surface area (Å²) in [5, 5.41) is 9.10. The monoisotopic (exact) mass is 495 g/mol. The van der Waals surface area contributed by atoms with E-state index in [0.29, 0.717) is 40.6 Å². The Balaban J connectivity index is 1.52. The highest BCUT2D eigenvalue weighted by molar-refractivity contribution is 7.99. The number of benzene rings is 2. The van der Waals surface area contributed by atoms with Crippen LogP contribution in [0.4, 0.5) is 5.69 Å². The third-order valence-electron chi connectivity index (χ3n) is 5.54. The number of fused-ring (bicyclic) bond motifs is 1. The molecule has 176 valence electrons. The summed E-state index contributed by atoms with van der Waals surface area (Å²) in [5.41, 5.74) is 4.07. The predicted molar refractivity (Wildman–Crippen MR) is 138 cm³/mol. The number of aromatic nitrogens is 4. The summed E-state index contributed by atoms with van der Waals surface area (Å²) >= 11 is 7.52. The van der Waals surface area contributed by atoms with Crippen LogP contribution in [0, 0.1) is 20.8 Å². The molecule has 7 nitrogen and oxygen atoms in total. The summed E-state index contributed by atoms with van der Waals surface area (Å²) in [6, 6.07) is 14.9. The number of anilines is 1. The Morgan fingerprint density at radius 1 is 1.06 bits per heavy atom. The van der Waals surface area contributed by atoms with Crippen molar-refractivity contribution >= 4 is 45.9 Å². The lowest BCUT2D eigenvalue weighted by Gasteiger charge is -2.13. The number of amides is 1. The summed E-state index contributed by atoms with van der Waals surface area (Å²) in [6.45, 7) is 6.88. The van der Waals surface area contributed by atoms with Crippen LogP contribution in [-0.2, 0) is 17.9 Å². The van der Waals surface area contributed by atoms with Crippen molar-refractivity contribution in [1.29, 1.82) is 0 Å². The molecule has 0 saturated heterocycles. The van der Waals surface area contributed by atoms with Gasteiger partial charge in [0.05, 0.1) is 33.1 Å². The molecule has 0 fully saturated rings. The lowest BCUT2D eigenvalue weighted by Crippen LogP contribution is -2.25. The van der Waals surface area contributed by atoms with Crippen molar-refractivity contribution in [2.75, 3.05) is 11.1 Å². The van der Waals surface area contributed by atoms with Crippen molar-refractivity contribution < 1.29 is 4.79 Å². The molecule has 4 rings (SSSR count). The fourth-order valence-electron chi connectivity index (χ4n) is 3.69. The maximum atomic E-state index is 13.2. The van der Waals surface area contributed by atoms with Crippen LogP contribution in [0.15, 0.2) is 58.5 Å². The number of hydrogen-bond acceptors (Lipinski definition) is 5. The van der Waals surface area contributed by atoms with Gasteiger partial charge in [-0.1, -0.05) is 53.2 Å². The molecular weight excluding hydrogens is 470 g/mol. The Bertz CT molecular complexity index is 1400. The maximum absolute atomic E-state index is 13.2. The minimum absolute atomic E-state index is 0.113. The molecule has 0 bridgehead atoms. The van der Waals surface area contributed by atoms with Crippen LogP contribution in [0.3, 0.4) is 0 Å². The van der Waals surface area contributed by atoms with E-state index in [4.69, 9.17) is 16.6 Å². The summed E-state index contributed by atoms with van der Waals surface area (Å²) in [4.78, 5) is 30.5. The van der Waals surface area contributed by atoms with Crippen molar-refractivity contribution in [3.63, 3.8) is 0 Å². The molecule has 2 heterocycles. The summed E-state index contributed by atoms with van der Waals surface area (Å²) in [7, 11) is 0. The second-order valence-electron chi connectivity index (χ2n) is 8.13. The van der Waals surface area contributed by atoms with E-state index in [0.717, 1.165) is 22.6 Å². The van der Waals surface area contributed by atoms with Gasteiger partial charge < -0.3 is 5.32 Å². The maximum Gasteiger partial charge on any atom is 0.262 e. The molecule has 0 aliphatic rings. The first-order valence-electron chi connectivity index (χ1n) is 11.0. The van der Waals surface area contributed by atoms with Gasteiger partial charge in [-0.3, -0.25) is 18.8 Å². The van der Waals surface area contributed by atoms with E-state index in [1.165, 1.54) is 11.8 Å². The second-order valence-corrected chi connectivity index (χ2v) is 9.45. The van der Waals surface area contributed by atoms with Gasteiger partial charge in [-0.25, -0.2) is 4.98 Å². The average Bonchev–Trinajstić information content (AvgIpc) is 3.07. The van der Waals surface area contributed by atoms with E-state index >= 15 is 0 Å². The van der Waals surface area contributed by atoms with Crippen molar-refractivity contribution in [3.8, 4) is 0 Å². The van der Waals surface area contributed by atoms with Gasteiger partial charge in [0.1, 0.15) is 0 Å². The molecule has 0 aliphatic carbocycles. The van der Waals surface area contributed by atoms with Gasteiger partial charge in [-0.15, -0.1) is 0 Å². The predicted octanol–water partition coefficient (Wildman–Crippen LogP) is 4.99. The molecule has 0 radical (unpaired) electrons. The molecule has 2 aromatic heterocycles. The van der Waals surface area contributed by atoms with Gasteiger partial charge in [-0.05, 0) is 51.5 Å². The lowest BCUT2D eigenvalue weighted by atomic mass is 10.2. The fraction of sp³-hybridized carbons (Fsp3) is 0.280. The molecule has 9 heteroatoms. The van der Waals surface area contributed by atoms with Crippen LogP contribution < -0.4 is 10.9 Å². The normalized spacial score (nSPS) is 11.2. The second kappa shape index (κ2) is 10.4. The van der Waals surface area contributed by atoms with E-state index in [2.05, 4.69) is 10.4 Å². The number of hydrogen-bond donors (Lipinski definition) is 1. The van der Waals surface area contributed by atoms with Crippen LogP contribution >= 0.6 is 23.4 Å². The molecule has 0 aliphatic heterocycles. The highest BCUT2D eigenvalue weighted by atomic mass is 35.5. The SMILES string of the molecule is Cc1ccc(NC(=O)CSc2nc3ccccc3c(=O)n2CCCn2nc(C)c(Cl)c2C)cc1. The van der Waals surface area contributed by atoms with Gasteiger partial charge in [-0.2, -0.15) is 5.10 Å². The lowest BCUT2D eigenvalue weighted by molar-refractivity contribution is -0.113. The number of nitrogens with one attached hydrogen (secondary N) is 1. The van der Waals surface area contributed by atoms with Crippen LogP contribution in [0.5, 0.6) is 0 Å². The summed E-state index contributed by atoms with van der Waals surface area (Å²) in [5.74, 6) is -0.00812. The molecule has 1 N–H and O–H groups in total. The number of halogens is 1. The first kappa shape index (κ1) is 24.0.